The third kappa shape index (κ3) is 2.80. The van der Waals surface area contributed by atoms with Gasteiger partial charge in [-0.05, 0) is 37.6 Å². The molecule has 0 bridgehead atoms. The predicted molar refractivity (Wildman–Crippen MR) is 82.5 cm³/mol. The minimum atomic E-state index is -0.681. The summed E-state index contributed by atoms with van der Waals surface area (Å²) >= 11 is 0. The highest BCUT2D eigenvalue weighted by Crippen LogP contribution is 2.29. The Morgan fingerprint density at radius 3 is 2.61 bits per heavy atom. The molecule has 2 N–H and O–H groups in total. The number of amides is 1. The standard InChI is InChI=1S/C16H14FN5O/c1-9-6-20-22(8-9)13-5-10(2)21-15(16(18)23)14(13)12-4-3-11(17)7-19-12/h3-8H,1-2H3,(H2,18,23). The van der Waals surface area contributed by atoms with E-state index in [2.05, 4.69) is 15.1 Å². The molecule has 3 aromatic rings. The minimum Gasteiger partial charge on any atom is -0.364 e. The van der Waals surface area contributed by atoms with Crippen LogP contribution in [0.25, 0.3) is 16.9 Å². The van der Waals surface area contributed by atoms with Gasteiger partial charge in [0.15, 0.2) is 0 Å². The van der Waals surface area contributed by atoms with Gasteiger partial charge in [-0.1, -0.05) is 0 Å². The van der Waals surface area contributed by atoms with Gasteiger partial charge in [-0.25, -0.2) is 14.1 Å². The maximum atomic E-state index is 13.2. The molecular weight excluding hydrogens is 297 g/mol. The Balaban J connectivity index is 2.34. The molecule has 0 atom stereocenters. The second-order valence-electron chi connectivity index (χ2n) is 5.19. The lowest BCUT2D eigenvalue weighted by Crippen LogP contribution is -2.17. The highest BCUT2D eigenvalue weighted by molar-refractivity contribution is 5.99. The Kier molecular flexibility index (Phi) is 3.61. The smallest absolute Gasteiger partial charge is 0.268 e. The van der Waals surface area contributed by atoms with Gasteiger partial charge in [0.1, 0.15) is 11.5 Å². The van der Waals surface area contributed by atoms with E-state index in [9.17, 15) is 9.18 Å². The van der Waals surface area contributed by atoms with Crippen LogP contribution < -0.4 is 5.73 Å². The minimum absolute atomic E-state index is 0.0762. The van der Waals surface area contributed by atoms with Crippen molar-refractivity contribution in [1.82, 2.24) is 19.7 Å². The number of rotatable bonds is 3. The monoisotopic (exact) mass is 311 g/mol. The van der Waals surface area contributed by atoms with Crippen molar-refractivity contribution >= 4 is 5.91 Å². The van der Waals surface area contributed by atoms with Crippen molar-refractivity contribution < 1.29 is 9.18 Å². The van der Waals surface area contributed by atoms with Crippen LogP contribution >= 0.6 is 0 Å². The normalized spacial score (nSPS) is 10.7. The van der Waals surface area contributed by atoms with Crippen molar-refractivity contribution in [2.45, 2.75) is 13.8 Å². The molecule has 6 nitrogen and oxygen atoms in total. The third-order valence-corrected chi connectivity index (χ3v) is 3.30. The van der Waals surface area contributed by atoms with Gasteiger partial charge >= 0.3 is 0 Å². The number of carbonyl (C=O) groups excluding carboxylic acids is 1. The lowest BCUT2D eigenvalue weighted by atomic mass is 10.1. The molecule has 0 unspecified atom stereocenters. The SMILES string of the molecule is Cc1cnn(-c2cc(C)nc(C(N)=O)c2-c2ccc(F)cn2)c1. The Labute approximate surface area is 131 Å². The average Bonchev–Trinajstić information content (AvgIpc) is 2.94. The number of hydrogen-bond donors (Lipinski definition) is 1. The molecule has 0 aliphatic carbocycles. The van der Waals surface area contributed by atoms with Gasteiger partial charge in [-0.3, -0.25) is 9.78 Å². The zero-order valence-electron chi connectivity index (χ0n) is 12.6. The van der Waals surface area contributed by atoms with E-state index in [1.165, 1.54) is 12.1 Å². The molecule has 3 rings (SSSR count). The van der Waals surface area contributed by atoms with Crippen molar-refractivity contribution in [3.63, 3.8) is 0 Å². The van der Waals surface area contributed by atoms with Crippen LogP contribution in [0.4, 0.5) is 4.39 Å². The number of aryl methyl sites for hydroxylation is 2. The highest BCUT2D eigenvalue weighted by Gasteiger charge is 2.20. The number of pyridine rings is 2. The van der Waals surface area contributed by atoms with Gasteiger partial charge in [-0.15, -0.1) is 0 Å². The van der Waals surface area contributed by atoms with E-state index in [0.717, 1.165) is 11.8 Å². The van der Waals surface area contributed by atoms with E-state index in [-0.39, 0.29) is 5.69 Å². The second-order valence-corrected chi connectivity index (χ2v) is 5.19. The van der Waals surface area contributed by atoms with Gasteiger partial charge < -0.3 is 5.73 Å². The number of aromatic nitrogens is 4. The third-order valence-electron chi connectivity index (χ3n) is 3.30. The molecule has 116 valence electrons. The number of hydrogen-bond acceptors (Lipinski definition) is 4. The molecule has 0 aliphatic rings. The Hall–Kier alpha value is -3.09. The molecule has 0 saturated heterocycles. The summed E-state index contributed by atoms with van der Waals surface area (Å²) in [6.45, 7) is 3.66. The number of carbonyl (C=O) groups is 1. The van der Waals surface area contributed by atoms with Crippen LogP contribution in [0.15, 0.2) is 36.8 Å². The summed E-state index contributed by atoms with van der Waals surface area (Å²) < 4.78 is 14.8. The van der Waals surface area contributed by atoms with E-state index in [1.54, 1.807) is 23.9 Å². The zero-order chi connectivity index (χ0) is 16.6. The van der Waals surface area contributed by atoms with Crippen molar-refractivity contribution in [1.29, 1.82) is 0 Å². The molecule has 3 heterocycles. The first-order valence-corrected chi connectivity index (χ1v) is 6.90. The molecule has 7 heteroatoms. The van der Waals surface area contributed by atoms with Crippen LogP contribution in [0.3, 0.4) is 0 Å². The number of nitrogens with zero attached hydrogens (tertiary/aromatic N) is 4. The van der Waals surface area contributed by atoms with E-state index in [0.29, 0.717) is 22.6 Å². The van der Waals surface area contributed by atoms with Crippen LogP contribution in [-0.4, -0.2) is 25.7 Å². The topological polar surface area (TPSA) is 86.7 Å². The highest BCUT2D eigenvalue weighted by atomic mass is 19.1. The lowest BCUT2D eigenvalue weighted by molar-refractivity contribution is 0.0996. The Morgan fingerprint density at radius 1 is 1.26 bits per heavy atom. The second kappa shape index (κ2) is 5.60. The fourth-order valence-electron chi connectivity index (χ4n) is 2.34. The fourth-order valence-corrected chi connectivity index (χ4v) is 2.34. The fraction of sp³-hybridized carbons (Fsp3) is 0.125. The molecule has 3 aromatic heterocycles. The lowest BCUT2D eigenvalue weighted by Gasteiger charge is -2.13. The number of nitrogens with two attached hydrogens (primary N) is 1. The summed E-state index contributed by atoms with van der Waals surface area (Å²) in [6.07, 6.45) is 4.59. The molecule has 0 aliphatic heterocycles. The summed E-state index contributed by atoms with van der Waals surface area (Å²) in [7, 11) is 0. The molecule has 1 amide bonds. The largest absolute Gasteiger partial charge is 0.364 e. The summed E-state index contributed by atoms with van der Waals surface area (Å²) in [4.78, 5) is 20.1. The van der Waals surface area contributed by atoms with Gasteiger partial charge in [-0.2, -0.15) is 5.10 Å². The summed E-state index contributed by atoms with van der Waals surface area (Å²) in [5.41, 5.74) is 8.55. The number of halogens is 1. The van der Waals surface area contributed by atoms with E-state index >= 15 is 0 Å². The average molecular weight is 311 g/mol. The molecule has 0 spiro atoms. The first-order chi connectivity index (χ1) is 11.0. The Bertz CT molecular complexity index is 886. The molecule has 23 heavy (non-hydrogen) atoms. The number of primary amides is 1. The zero-order valence-corrected chi connectivity index (χ0v) is 12.6. The first kappa shape index (κ1) is 14.8. The van der Waals surface area contributed by atoms with E-state index in [1.807, 2.05) is 13.1 Å². The maximum Gasteiger partial charge on any atom is 0.268 e. The van der Waals surface area contributed by atoms with Crippen LogP contribution in [0.1, 0.15) is 21.7 Å². The van der Waals surface area contributed by atoms with Crippen molar-refractivity contribution in [3.05, 3.63) is 59.6 Å². The summed E-state index contributed by atoms with van der Waals surface area (Å²) in [6, 6.07) is 4.53. The van der Waals surface area contributed by atoms with Gasteiger partial charge in [0.05, 0.1) is 29.3 Å². The first-order valence-electron chi connectivity index (χ1n) is 6.90. The Morgan fingerprint density at radius 2 is 2.04 bits per heavy atom. The quantitative estimate of drug-likeness (QED) is 0.803. The maximum absolute atomic E-state index is 13.2. The van der Waals surface area contributed by atoms with Crippen molar-refractivity contribution in [3.8, 4) is 16.9 Å². The van der Waals surface area contributed by atoms with Gasteiger partial charge in [0.2, 0.25) is 0 Å². The van der Waals surface area contributed by atoms with Crippen molar-refractivity contribution in [2.24, 2.45) is 5.73 Å². The molecule has 0 aromatic carbocycles. The van der Waals surface area contributed by atoms with Crippen molar-refractivity contribution in [2.75, 3.05) is 0 Å². The summed E-state index contributed by atoms with van der Waals surface area (Å²) in [5, 5.41) is 4.27. The molecule has 0 saturated carbocycles. The van der Waals surface area contributed by atoms with E-state index < -0.39 is 11.7 Å². The predicted octanol–water partition coefficient (Wildman–Crippen LogP) is 2.18. The van der Waals surface area contributed by atoms with Crippen LogP contribution in [0.5, 0.6) is 0 Å². The summed E-state index contributed by atoms with van der Waals surface area (Å²) in [5.74, 6) is -1.15. The van der Waals surface area contributed by atoms with Gasteiger partial charge in [0.25, 0.3) is 5.91 Å². The van der Waals surface area contributed by atoms with Crippen LogP contribution in [0.2, 0.25) is 0 Å². The molecular formula is C16H14FN5O. The van der Waals surface area contributed by atoms with E-state index in [4.69, 9.17) is 5.73 Å². The van der Waals surface area contributed by atoms with Crippen LogP contribution in [0, 0.1) is 19.7 Å². The van der Waals surface area contributed by atoms with Gasteiger partial charge in [0, 0.05) is 11.9 Å². The molecule has 0 fully saturated rings. The van der Waals surface area contributed by atoms with Crippen LogP contribution in [-0.2, 0) is 0 Å². The molecule has 0 radical (unpaired) electrons.